The number of rotatable bonds is 4. The Balaban J connectivity index is 1.89. The maximum Gasteiger partial charge on any atom is 0.326 e. The Kier molecular flexibility index (Phi) is 5.04. The van der Waals surface area contributed by atoms with E-state index in [1.54, 1.807) is 4.90 Å². The van der Waals surface area contributed by atoms with Gasteiger partial charge in [0.05, 0.1) is 0 Å². The highest BCUT2D eigenvalue weighted by Crippen LogP contribution is 2.35. The Bertz CT molecular complexity index is 383. The summed E-state index contributed by atoms with van der Waals surface area (Å²) in [5.41, 5.74) is 0. The van der Waals surface area contributed by atoms with E-state index in [1.807, 2.05) is 0 Å². The smallest absolute Gasteiger partial charge is 0.326 e. The second kappa shape index (κ2) is 6.77. The van der Waals surface area contributed by atoms with E-state index in [0.717, 1.165) is 25.4 Å². The summed E-state index contributed by atoms with van der Waals surface area (Å²) in [6.45, 7) is 5.05. The molecule has 1 saturated carbocycles. The molecular weight excluding hydrogens is 256 g/mol. The van der Waals surface area contributed by atoms with Crippen LogP contribution in [0.5, 0.6) is 0 Å². The summed E-state index contributed by atoms with van der Waals surface area (Å²) in [5.74, 6) is 0.355. The van der Waals surface area contributed by atoms with E-state index < -0.39 is 12.0 Å². The molecular formula is C15H24N2O3. The van der Waals surface area contributed by atoms with Crippen LogP contribution in [-0.4, -0.2) is 41.1 Å². The number of piperidine rings is 1. The summed E-state index contributed by atoms with van der Waals surface area (Å²) < 4.78 is 0. The molecule has 2 N–H and O–H groups in total. The minimum Gasteiger partial charge on any atom is -0.480 e. The van der Waals surface area contributed by atoms with Gasteiger partial charge in [-0.25, -0.2) is 9.59 Å². The Hall–Kier alpha value is -1.52. The van der Waals surface area contributed by atoms with E-state index in [0.29, 0.717) is 5.92 Å². The fourth-order valence-electron chi connectivity index (χ4n) is 3.41. The van der Waals surface area contributed by atoms with Crippen LogP contribution in [0.3, 0.4) is 0 Å². The van der Waals surface area contributed by atoms with Crippen LogP contribution < -0.4 is 5.32 Å². The first-order valence-corrected chi connectivity index (χ1v) is 7.51. The molecule has 0 aromatic carbocycles. The zero-order valence-corrected chi connectivity index (χ0v) is 11.9. The number of hydrogen-bond acceptors (Lipinski definition) is 2. The lowest BCUT2D eigenvalue weighted by atomic mass is 9.75. The molecule has 0 spiro atoms. The van der Waals surface area contributed by atoms with Crippen molar-refractivity contribution in [1.82, 2.24) is 10.2 Å². The molecule has 1 aliphatic carbocycles. The Labute approximate surface area is 120 Å². The number of fused-ring (bicyclic) bond motifs is 1. The molecule has 1 aliphatic heterocycles. The van der Waals surface area contributed by atoms with Crippen LogP contribution in [0.4, 0.5) is 4.79 Å². The summed E-state index contributed by atoms with van der Waals surface area (Å²) in [7, 11) is 0. The van der Waals surface area contributed by atoms with Gasteiger partial charge in [-0.1, -0.05) is 25.3 Å². The Morgan fingerprint density at radius 1 is 1.30 bits per heavy atom. The van der Waals surface area contributed by atoms with Gasteiger partial charge in [0.25, 0.3) is 0 Å². The van der Waals surface area contributed by atoms with Crippen molar-refractivity contribution in [3.8, 4) is 0 Å². The highest BCUT2D eigenvalue weighted by molar-refractivity contribution is 5.82. The lowest BCUT2D eigenvalue weighted by Gasteiger charge is -2.41. The summed E-state index contributed by atoms with van der Waals surface area (Å²) in [6, 6.07) is -1.12. The lowest BCUT2D eigenvalue weighted by molar-refractivity contribution is -0.139. The van der Waals surface area contributed by atoms with Crippen molar-refractivity contribution in [2.24, 2.45) is 11.8 Å². The standard InChI is InChI=1S/C15H24N2O3/c1-2-5-13(14(18)19)16-15(20)17-9-8-11-6-3-4-7-12(11)10-17/h2,11-13H,1,3-10H2,(H,16,20)(H,18,19). The fraction of sp³-hybridized carbons (Fsp3) is 0.733. The van der Waals surface area contributed by atoms with Gasteiger partial charge in [0.15, 0.2) is 0 Å². The van der Waals surface area contributed by atoms with Gasteiger partial charge in [-0.2, -0.15) is 0 Å². The highest BCUT2D eigenvalue weighted by atomic mass is 16.4. The molecule has 0 aromatic rings. The number of nitrogens with zero attached hydrogens (tertiary/aromatic N) is 1. The molecule has 2 aliphatic rings. The number of carboxylic acid groups (broad SMARTS) is 1. The van der Waals surface area contributed by atoms with Gasteiger partial charge in [0.2, 0.25) is 0 Å². The van der Waals surface area contributed by atoms with Gasteiger partial charge in [0, 0.05) is 13.1 Å². The maximum atomic E-state index is 12.2. The van der Waals surface area contributed by atoms with E-state index in [2.05, 4.69) is 11.9 Å². The topological polar surface area (TPSA) is 69.6 Å². The number of carboxylic acids is 1. The third kappa shape index (κ3) is 3.52. The van der Waals surface area contributed by atoms with Crippen molar-refractivity contribution >= 4 is 12.0 Å². The SMILES string of the molecule is C=CCC(NC(=O)N1CCC2CCCCC2C1)C(=O)O. The fourth-order valence-corrected chi connectivity index (χ4v) is 3.41. The van der Waals surface area contributed by atoms with Crippen LogP contribution >= 0.6 is 0 Å². The first-order chi connectivity index (χ1) is 9.61. The summed E-state index contributed by atoms with van der Waals surface area (Å²) in [6.07, 6.45) is 7.88. The van der Waals surface area contributed by atoms with Crippen LogP contribution in [0, 0.1) is 11.8 Å². The van der Waals surface area contributed by atoms with Gasteiger partial charge >= 0.3 is 12.0 Å². The first kappa shape index (κ1) is 14.9. The number of amides is 2. The summed E-state index contributed by atoms with van der Waals surface area (Å²) in [5, 5.41) is 11.7. The molecule has 0 radical (unpaired) electrons. The number of likely N-dealkylation sites (tertiary alicyclic amines) is 1. The number of hydrogen-bond donors (Lipinski definition) is 2. The average Bonchev–Trinajstić information content (AvgIpc) is 2.46. The van der Waals surface area contributed by atoms with Crippen molar-refractivity contribution in [3.63, 3.8) is 0 Å². The van der Waals surface area contributed by atoms with Crippen LogP contribution in [0.15, 0.2) is 12.7 Å². The van der Waals surface area contributed by atoms with Crippen LogP contribution in [0.2, 0.25) is 0 Å². The molecule has 3 unspecified atom stereocenters. The predicted molar refractivity (Wildman–Crippen MR) is 76.4 cm³/mol. The third-order valence-corrected chi connectivity index (χ3v) is 4.58. The molecule has 3 atom stereocenters. The lowest BCUT2D eigenvalue weighted by Crippen LogP contribution is -2.52. The Morgan fingerprint density at radius 2 is 2.00 bits per heavy atom. The van der Waals surface area contributed by atoms with Crippen LogP contribution in [0.1, 0.15) is 38.5 Å². The van der Waals surface area contributed by atoms with Crippen LogP contribution in [-0.2, 0) is 4.79 Å². The molecule has 112 valence electrons. The zero-order valence-electron chi connectivity index (χ0n) is 11.9. The first-order valence-electron chi connectivity index (χ1n) is 7.51. The van der Waals surface area contributed by atoms with E-state index in [4.69, 9.17) is 5.11 Å². The molecule has 5 heteroatoms. The quantitative estimate of drug-likeness (QED) is 0.776. The van der Waals surface area contributed by atoms with Crippen LogP contribution in [0.25, 0.3) is 0 Å². The zero-order chi connectivity index (χ0) is 14.5. The molecule has 0 bridgehead atoms. The van der Waals surface area contributed by atoms with Crippen molar-refractivity contribution in [1.29, 1.82) is 0 Å². The number of carbonyl (C=O) groups excluding carboxylic acids is 1. The third-order valence-electron chi connectivity index (χ3n) is 4.58. The van der Waals surface area contributed by atoms with Gasteiger partial charge in [-0.05, 0) is 31.1 Å². The normalized spacial score (nSPS) is 27.3. The number of nitrogens with one attached hydrogen (secondary N) is 1. The van der Waals surface area contributed by atoms with Crippen molar-refractivity contribution in [3.05, 3.63) is 12.7 Å². The molecule has 5 nitrogen and oxygen atoms in total. The Morgan fingerprint density at radius 3 is 2.65 bits per heavy atom. The van der Waals surface area contributed by atoms with Gasteiger partial charge in [-0.15, -0.1) is 6.58 Å². The second-order valence-electron chi connectivity index (χ2n) is 5.90. The second-order valence-corrected chi connectivity index (χ2v) is 5.90. The van der Waals surface area contributed by atoms with Crippen molar-refractivity contribution < 1.29 is 14.7 Å². The minimum atomic E-state index is -1.01. The van der Waals surface area contributed by atoms with Gasteiger partial charge < -0.3 is 15.3 Å². The maximum absolute atomic E-state index is 12.2. The van der Waals surface area contributed by atoms with E-state index >= 15 is 0 Å². The van der Waals surface area contributed by atoms with E-state index in [-0.39, 0.29) is 12.5 Å². The van der Waals surface area contributed by atoms with E-state index in [1.165, 1.54) is 31.8 Å². The molecule has 0 aromatic heterocycles. The minimum absolute atomic E-state index is 0.247. The highest BCUT2D eigenvalue weighted by Gasteiger charge is 2.33. The predicted octanol–water partition coefficient (Wildman–Crippen LogP) is 2.24. The van der Waals surface area contributed by atoms with Crippen molar-refractivity contribution in [2.45, 2.75) is 44.6 Å². The molecule has 2 rings (SSSR count). The van der Waals surface area contributed by atoms with Crippen molar-refractivity contribution in [2.75, 3.05) is 13.1 Å². The molecule has 2 amide bonds. The number of aliphatic carboxylic acids is 1. The largest absolute Gasteiger partial charge is 0.480 e. The monoisotopic (exact) mass is 280 g/mol. The molecule has 1 heterocycles. The van der Waals surface area contributed by atoms with Gasteiger partial charge in [0.1, 0.15) is 6.04 Å². The summed E-state index contributed by atoms with van der Waals surface area (Å²) in [4.78, 5) is 25.0. The molecule has 2 fully saturated rings. The molecule has 20 heavy (non-hydrogen) atoms. The van der Waals surface area contributed by atoms with E-state index in [9.17, 15) is 9.59 Å². The number of urea groups is 1. The van der Waals surface area contributed by atoms with Gasteiger partial charge in [-0.3, -0.25) is 0 Å². The number of carbonyl (C=O) groups is 2. The summed E-state index contributed by atoms with van der Waals surface area (Å²) >= 11 is 0. The average molecular weight is 280 g/mol. The molecule has 1 saturated heterocycles.